The van der Waals surface area contributed by atoms with Crippen molar-refractivity contribution < 1.29 is 0 Å². The van der Waals surface area contributed by atoms with E-state index in [1.807, 2.05) is 66.7 Å². The average Bonchev–Trinajstić information content (AvgIpc) is 2.34. The van der Waals surface area contributed by atoms with Crippen molar-refractivity contribution in [3.63, 3.8) is 0 Å². The highest BCUT2D eigenvalue weighted by Crippen LogP contribution is 2.03. The van der Waals surface area contributed by atoms with Gasteiger partial charge in [-0.25, -0.2) is 0 Å². The molecule has 0 radical (unpaired) electrons. The molecule has 0 aliphatic carbocycles. The molecule has 0 amide bonds. The van der Waals surface area contributed by atoms with Gasteiger partial charge in [-0.15, -0.1) is 0 Å². The third-order valence-electron chi connectivity index (χ3n) is 1.40. The van der Waals surface area contributed by atoms with E-state index < -0.39 is 0 Å². The first-order chi connectivity index (χ1) is 7.81. The second-order valence-electron chi connectivity index (χ2n) is 2.60. The molecular weight excluding hydrogens is 239 g/mol. The van der Waals surface area contributed by atoms with Crippen LogP contribution < -0.4 is 0 Å². The molecule has 0 nitrogen and oxygen atoms in total. The lowest BCUT2D eigenvalue weighted by molar-refractivity contribution is 1.71. The highest BCUT2D eigenvalue weighted by atomic mass is 35.5. The van der Waals surface area contributed by atoms with E-state index in [2.05, 4.69) is 6.58 Å². The first kappa shape index (κ1) is 14.8. The van der Waals surface area contributed by atoms with Gasteiger partial charge in [0.05, 0.1) is 0 Å². The summed E-state index contributed by atoms with van der Waals surface area (Å²) in [5.41, 5.74) is 1.22. The molecule has 0 fully saturated rings. The number of benzene rings is 2. The highest BCUT2D eigenvalue weighted by molar-refractivity contribution is 6.30. The molecular formula is C14H14Cl2. The molecule has 0 spiro atoms. The highest BCUT2D eigenvalue weighted by Gasteiger charge is 1.74. The molecule has 0 saturated heterocycles. The first-order valence-electron chi connectivity index (χ1n) is 4.73. The minimum absolute atomic E-state index is 0.794. The molecule has 0 aliphatic heterocycles. The van der Waals surface area contributed by atoms with Gasteiger partial charge in [0.2, 0.25) is 0 Å². The van der Waals surface area contributed by atoms with Crippen LogP contribution in [0.25, 0.3) is 0 Å². The van der Waals surface area contributed by atoms with E-state index in [-0.39, 0.29) is 0 Å². The van der Waals surface area contributed by atoms with E-state index in [1.54, 1.807) is 0 Å². The summed E-state index contributed by atoms with van der Waals surface area (Å²) in [6.45, 7) is 3.13. The molecule has 0 atom stereocenters. The van der Waals surface area contributed by atoms with E-state index >= 15 is 0 Å². The molecule has 0 aliphatic rings. The van der Waals surface area contributed by atoms with Gasteiger partial charge in [0.1, 0.15) is 0 Å². The summed E-state index contributed by atoms with van der Waals surface area (Å²) in [5, 5.41) is 0.794. The Morgan fingerprint density at radius 2 is 1.00 bits per heavy atom. The molecule has 2 heteroatoms. The van der Waals surface area contributed by atoms with Crippen molar-refractivity contribution in [2.75, 3.05) is 0 Å². The Morgan fingerprint density at radius 3 is 1.19 bits per heavy atom. The molecule has 0 saturated carbocycles. The van der Waals surface area contributed by atoms with Gasteiger partial charge >= 0.3 is 0 Å². The summed E-state index contributed by atoms with van der Waals surface area (Å²) in [4.78, 5) is 0. The lowest BCUT2D eigenvalue weighted by atomic mass is 10.4. The first-order valence-corrected chi connectivity index (χ1v) is 5.54. The van der Waals surface area contributed by atoms with Gasteiger partial charge in [-0.1, -0.05) is 84.4 Å². The Labute approximate surface area is 107 Å². The summed E-state index contributed by atoms with van der Waals surface area (Å²) in [6.07, 6.45) is 0. The van der Waals surface area contributed by atoms with Gasteiger partial charge in [-0.2, -0.15) is 0 Å². The van der Waals surface area contributed by atoms with Gasteiger partial charge in [-0.3, -0.25) is 0 Å². The zero-order valence-electron chi connectivity index (χ0n) is 8.89. The Bertz CT molecular complexity index is 317. The van der Waals surface area contributed by atoms with E-state index in [9.17, 15) is 0 Å². The van der Waals surface area contributed by atoms with Crippen molar-refractivity contribution in [2.24, 2.45) is 0 Å². The number of hydrogen-bond acceptors (Lipinski definition) is 0. The second-order valence-corrected chi connectivity index (χ2v) is 3.35. The molecule has 16 heavy (non-hydrogen) atoms. The second kappa shape index (κ2) is 11.8. The largest absolute Gasteiger partial charge is 0.0936 e. The summed E-state index contributed by atoms with van der Waals surface area (Å²) >= 11 is 10.3. The van der Waals surface area contributed by atoms with Crippen LogP contribution in [0.4, 0.5) is 0 Å². The Balaban J connectivity index is 0.000000230. The van der Waals surface area contributed by atoms with E-state index in [4.69, 9.17) is 23.2 Å². The van der Waals surface area contributed by atoms with Crippen molar-refractivity contribution in [1.29, 1.82) is 0 Å². The van der Waals surface area contributed by atoms with Gasteiger partial charge < -0.3 is 0 Å². The van der Waals surface area contributed by atoms with Crippen LogP contribution in [-0.4, -0.2) is 0 Å². The quantitative estimate of drug-likeness (QED) is 0.590. The number of rotatable bonds is 0. The van der Waals surface area contributed by atoms with Crippen molar-refractivity contribution in [3.8, 4) is 0 Å². The van der Waals surface area contributed by atoms with Crippen LogP contribution in [0.15, 0.2) is 78.8 Å². The molecule has 0 heterocycles. The van der Waals surface area contributed by atoms with E-state index in [0.29, 0.717) is 0 Å². The summed E-state index contributed by atoms with van der Waals surface area (Å²) < 4.78 is 0. The lowest BCUT2D eigenvalue weighted by Gasteiger charge is -1.80. The predicted octanol–water partition coefficient (Wildman–Crippen LogP) is 5.40. The molecule has 0 N–H and O–H groups in total. The fourth-order valence-corrected chi connectivity index (χ4v) is 0.945. The zero-order valence-corrected chi connectivity index (χ0v) is 10.4. The summed E-state index contributed by atoms with van der Waals surface area (Å²) in [5.74, 6) is 0. The molecule has 0 aromatic heterocycles. The third-order valence-corrected chi connectivity index (χ3v) is 1.65. The fraction of sp³-hybridized carbons (Fsp3) is 0. The standard InChI is InChI=1S/C6H5Cl.C6H6.C2H3Cl/c7-6-4-2-1-3-5-6;1-2-4-6-5-3-1;1-2-3/h1-5H;1-6H;2H,1H2. The zero-order chi connectivity index (χ0) is 12.1. The van der Waals surface area contributed by atoms with Crippen LogP contribution in [0, 0.1) is 0 Å². The topological polar surface area (TPSA) is 0 Å². The predicted molar refractivity (Wildman–Crippen MR) is 73.9 cm³/mol. The molecule has 0 bridgehead atoms. The normalized spacial score (nSPS) is 7.62. The minimum atomic E-state index is 0.794. The monoisotopic (exact) mass is 252 g/mol. The lowest BCUT2D eigenvalue weighted by Crippen LogP contribution is -1.55. The molecule has 2 aromatic carbocycles. The summed E-state index contributed by atoms with van der Waals surface area (Å²) in [7, 11) is 0. The maximum atomic E-state index is 5.54. The third kappa shape index (κ3) is 10.8. The van der Waals surface area contributed by atoms with Crippen LogP contribution in [0.3, 0.4) is 0 Å². The summed E-state index contributed by atoms with van der Waals surface area (Å²) in [6, 6.07) is 21.4. The SMILES string of the molecule is C=CCl.Clc1ccccc1.c1ccccc1. The van der Waals surface area contributed by atoms with Gasteiger partial charge in [0, 0.05) is 5.02 Å². The Morgan fingerprint density at radius 1 is 0.750 bits per heavy atom. The molecule has 2 rings (SSSR count). The minimum Gasteiger partial charge on any atom is -0.0936 e. The van der Waals surface area contributed by atoms with Gasteiger partial charge in [0.15, 0.2) is 0 Å². The van der Waals surface area contributed by atoms with Crippen LogP contribution in [-0.2, 0) is 0 Å². The van der Waals surface area contributed by atoms with Gasteiger partial charge in [-0.05, 0) is 17.7 Å². The van der Waals surface area contributed by atoms with Crippen LogP contribution in [0.2, 0.25) is 5.02 Å². The van der Waals surface area contributed by atoms with Crippen LogP contribution in [0.5, 0.6) is 0 Å². The Hall–Kier alpha value is -1.24. The smallest absolute Gasteiger partial charge is 0.0405 e. The maximum absolute atomic E-state index is 5.54. The van der Waals surface area contributed by atoms with Crippen molar-refractivity contribution in [2.45, 2.75) is 0 Å². The number of halogens is 2. The Kier molecular flexibility index (Phi) is 10.9. The van der Waals surface area contributed by atoms with E-state index in [1.165, 1.54) is 5.54 Å². The van der Waals surface area contributed by atoms with Crippen LogP contribution in [0.1, 0.15) is 0 Å². The van der Waals surface area contributed by atoms with Crippen LogP contribution >= 0.6 is 23.2 Å². The number of hydrogen-bond donors (Lipinski definition) is 0. The average molecular weight is 253 g/mol. The van der Waals surface area contributed by atoms with E-state index in [0.717, 1.165) is 5.02 Å². The van der Waals surface area contributed by atoms with Crippen molar-refractivity contribution in [1.82, 2.24) is 0 Å². The molecule has 84 valence electrons. The molecule has 0 unspecified atom stereocenters. The maximum Gasteiger partial charge on any atom is 0.0405 e. The van der Waals surface area contributed by atoms with Gasteiger partial charge in [0.25, 0.3) is 0 Å². The molecule has 2 aromatic rings. The van der Waals surface area contributed by atoms with Crippen molar-refractivity contribution >= 4 is 23.2 Å². The fourth-order valence-electron chi connectivity index (χ4n) is 0.800. The van der Waals surface area contributed by atoms with Crippen molar-refractivity contribution in [3.05, 3.63) is 83.9 Å².